The second kappa shape index (κ2) is 5.15. The van der Waals surface area contributed by atoms with E-state index in [1.54, 1.807) is 17.3 Å². The number of likely N-dealkylation sites (tertiary alicyclic amines) is 1. The SMILES string of the molecule is Cc1cnc(C2CCCN2C(=O)OC(C)(C)C)nc1. The summed E-state index contributed by atoms with van der Waals surface area (Å²) in [6.45, 7) is 8.27. The number of nitrogens with zero attached hydrogens (tertiary/aromatic N) is 3. The minimum atomic E-state index is -0.474. The molecule has 104 valence electrons. The van der Waals surface area contributed by atoms with Gasteiger partial charge in [-0.15, -0.1) is 0 Å². The third kappa shape index (κ3) is 3.43. The maximum Gasteiger partial charge on any atom is 0.410 e. The highest BCUT2D eigenvalue weighted by molar-refractivity contribution is 5.69. The van der Waals surface area contributed by atoms with Gasteiger partial charge in [0.15, 0.2) is 5.82 Å². The summed E-state index contributed by atoms with van der Waals surface area (Å²) in [6.07, 6.45) is 5.14. The smallest absolute Gasteiger partial charge is 0.410 e. The number of rotatable bonds is 1. The van der Waals surface area contributed by atoms with Crippen LogP contribution >= 0.6 is 0 Å². The fourth-order valence-corrected chi connectivity index (χ4v) is 2.15. The molecule has 1 fully saturated rings. The van der Waals surface area contributed by atoms with E-state index in [0.29, 0.717) is 12.4 Å². The molecule has 1 aromatic rings. The second-order valence-electron chi connectivity index (χ2n) is 5.95. The van der Waals surface area contributed by atoms with Crippen LogP contribution < -0.4 is 0 Å². The molecular formula is C14H21N3O2. The Hall–Kier alpha value is -1.65. The van der Waals surface area contributed by atoms with Gasteiger partial charge in [-0.2, -0.15) is 0 Å². The third-order valence-corrected chi connectivity index (χ3v) is 2.98. The van der Waals surface area contributed by atoms with Crippen molar-refractivity contribution in [1.82, 2.24) is 14.9 Å². The standard InChI is InChI=1S/C14H21N3O2/c1-10-8-15-12(16-9-10)11-6-5-7-17(11)13(18)19-14(2,3)4/h8-9,11H,5-7H2,1-4H3. The number of carbonyl (C=O) groups excluding carboxylic acids is 1. The Morgan fingerprint density at radius 1 is 1.37 bits per heavy atom. The lowest BCUT2D eigenvalue weighted by Crippen LogP contribution is -2.36. The highest BCUT2D eigenvalue weighted by Gasteiger charge is 2.34. The van der Waals surface area contributed by atoms with Gasteiger partial charge in [0.25, 0.3) is 0 Å². The lowest BCUT2D eigenvalue weighted by molar-refractivity contribution is 0.0218. The first kappa shape index (κ1) is 13.8. The molecule has 0 spiro atoms. The summed E-state index contributed by atoms with van der Waals surface area (Å²) < 4.78 is 5.43. The Bertz CT molecular complexity index is 451. The predicted molar refractivity (Wildman–Crippen MR) is 71.7 cm³/mol. The lowest BCUT2D eigenvalue weighted by Gasteiger charge is -2.27. The molecule has 1 aliphatic heterocycles. The van der Waals surface area contributed by atoms with Crippen molar-refractivity contribution in [3.8, 4) is 0 Å². The third-order valence-electron chi connectivity index (χ3n) is 2.98. The monoisotopic (exact) mass is 263 g/mol. The summed E-state index contributed by atoms with van der Waals surface area (Å²) in [5.74, 6) is 0.703. The normalized spacial score (nSPS) is 19.6. The molecule has 1 aromatic heterocycles. The van der Waals surface area contributed by atoms with E-state index in [0.717, 1.165) is 18.4 Å². The number of aromatic nitrogens is 2. The van der Waals surface area contributed by atoms with Crippen LogP contribution in [0.15, 0.2) is 12.4 Å². The largest absolute Gasteiger partial charge is 0.444 e. The van der Waals surface area contributed by atoms with E-state index in [-0.39, 0.29) is 12.1 Å². The lowest BCUT2D eigenvalue weighted by atomic mass is 10.2. The Morgan fingerprint density at radius 2 is 2.00 bits per heavy atom. The van der Waals surface area contributed by atoms with Gasteiger partial charge in [-0.3, -0.25) is 4.90 Å². The van der Waals surface area contributed by atoms with Crippen molar-refractivity contribution >= 4 is 6.09 Å². The van der Waals surface area contributed by atoms with E-state index in [1.807, 2.05) is 27.7 Å². The average molecular weight is 263 g/mol. The minimum absolute atomic E-state index is 0.0598. The molecule has 0 saturated carbocycles. The maximum atomic E-state index is 12.2. The van der Waals surface area contributed by atoms with E-state index in [2.05, 4.69) is 9.97 Å². The first-order chi connectivity index (χ1) is 8.87. The number of ether oxygens (including phenoxy) is 1. The van der Waals surface area contributed by atoms with Crippen molar-refractivity contribution in [1.29, 1.82) is 0 Å². The number of aryl methyl sites for hydroxylation is 1. The fourth-order valence-electron chi connectivity index (χ4n) is 2.15. The van der Waals surface area contributed by atoms with Gasteiger partial charge in [-0.25, -0.2) is 14.8 Å². The molecule has 0 aromatic carbocycles. The Kier molecular flexibility index (Phi) is 3.73. The zero-order valence-electron chi connectivity index (χ0n) is 12.0. The molecule has 5 heteroatoms. The number of amides is 1. The van der Waals surface area contributed by atoms with Gasteiger partial charge in [0.2, 0.25) is 0 Å². The summed E-state index contributed by atoms with van der Waals surface area (Å²) in [5.41, 5.74) is 0.545. The van der Waals surface area contributed by atoms with Crippen LogP contribution in [-0.4, -0.2) is 33.1 Å². The van der Waals surface area contributed by atoms with Crippen LogP contribution in [0.3, 0.4) is 0 Å². The van der Waals surface area contributed by atoms with E-state index >= 15 is 0 Å². The first-order valence-corrected chi connectivity index (χ1v) is 6.65. The molecule has 0 bridgehead atoms. The van der Waals surface area contributed by atoms with Crippen LogP contribution in [0.5, 0.6) is 0 Å². The van der Waals surface area contributed by atoms with Crippen molar-refractivity contribution in [3.63, 3.8) is 0 Å². The first-order valence-electron chi connectivity index (χ1n) is 6.65. The van der Waals surface area contributed by atoms with Gasteiger partial charge in [0, 0.05) is 18.9 Å². The second-order valence-corrected chi connectivity index (χ2v) is 5.95. The molecule has 5 nitrogen and oxygen atoms in total. The van der Waals surface area contributed by atoms with E-state index in [4.69, 9.17) is 4.74 Å². The highest BCUT2D eigenvalue weighted by atomic mass is 16.6. The topological polar surface area (TPSA) is 55.3 Å². The Morgan fingerprint density at radius 3 is 2.58 bits per heavy atom. The van der Waals surface area contributed by atoms with Crippen LogP contribution in [0, 0.1) is 6.92 Å². The number of hydrogen-bond acceptors (Lipinski definition) is 4. The van der Waals surface area contributed by atoms with Gasteiger partial charge in [0.1, 0.15) is 5.60 Å². The van der Waals surface area contributed by atoms with Gasteiger partial charge in [0.05, 0.1) is 6.04 Å². The summed E-state index contributed by atoms with van der Waals surface area (Å²) in [4.78, 5) is 22.5. The predicted octanol–water partition coefficient (Wildman–Crippen LogP) is 2.86. The number of hydrogen-bond donors (Lipinski definition) is 0. The molecule has 1 unspecified atom stereocenters. The molecule has 0 N–H and O–H groups in total. The van der Waals surface area contributed by atoms with Crippen LogP contribution in [-0.2, 0) is 4.74 Å². The average Bonchev–Trinajstić information content (AvgIpc) is 2.76. The van der Waals surface area contributed by atoms with Gasteiger partial charge in [-0.1, -0.05) is 0 Å². The van der Waals surface area contributed by atoms with Crippen molar-refractivity contribution in [3.05, 3.63) is 23.8 Å². The zero-order valence-corrected chi connectivity index (χ0v) is 12.0. The Balaban J connectivity index is 2.12. The molecule has 1 saturated heterocycles. The molecule has 2 heterocycles. The summed E-state index contributed by atoms with van der Waals surface area (Å²) in [5, 5.41) is 0. The molecule has 0 aliphatic carbocycles. The molecule has 1 aliphatic rings. The minimum Gasteiger partial charge on any atom is -0.444 e. The van der Waals surface area contributed by atoms with Crippen molar-refractivity contribution < 1.29 is 9.53 Å². The van der Waals surface area contributed by atoms with E-state index in [9.17, 15) is 4.79 Å². The van der Waals surface area contributed by atoms with Crippen molar-refractivity contribution in [2.45, 2.75) is 52.2 Å². The van der Waals surface area contributed by atoms with Gasteiger partial charge >= 0.3 is 6.09 Å². The summed E-state index contributed by atoms with van der Waals surface area (Å²) in [7, 11) is 0. The summed E-state index contributed by atoms with van der Waals surface area (Å²) in [6, 6.07) is -0.0598. The van der Waals surface area contributed by atoms with E-state index < -0.39 is 5.60 Å². The molecule has 0 radical (unpaired) electrons. The van der Waals surface area contributed by atoms with Gasteiger partial charge in [-0.05, 0) is 46.1 Å². The van der Waals surface area contributed by atoms with Crippen LogP contribution in [0.4, 0.5) is 4.79 Å². The molecule has 1 amide bonds. The van der Waals surface area contributed by atoms with Crippen molar-refractivity contribution in [2.75, 3.05) is 6.54 Å². The van der Waals surface area contributed by atoms with Crippen LogP contribution in [0.25, 0.3) is 0 Å². The maximum absolute atomic E-state index is 12.2. The Labute approximate surface area is 114 Å². The quantitative estimate of drug-likeness (QED) is 0.781. The van der Waals surface area contributed by atoms with Crippen LogP contribution in [0.2, 0.25) is 0 Å². The van der Waals surface area contributed by atoms with Crippen LogP contribution in [0.1, 0.15) is 51.0 Å². The molecule has 2 rings (SSSR count). The molecule has 19 heavy (non-hydrogen) atoms. The molecular weight excluding hydrogens is 242 g/mol. The van der Waals surface area contributed by atoms with Gasteiger partial charge < -0.3 is 4.74 Å². The van der Waals surface area contributed by atoms with E-state index in [1.165, 1.54) is 0 Å². The fraction of sp³-hybridized carbons (Fsp3) is 0.643. The summed E-state index contributed by atoms with van der Waals surface area (Å²) >= 11 is 0. The van der Waals surface area contributed by atoms with Crippen molar-refractivity contribution in [2.24, 2.45) is 0 Å². The number of carbonyl (C=O) groups is 1. The highest BCUT2D eigenvalue weighted by Crippen LogP contribution is 2.30. The zero-order chi connectivity index (χ0) is 14.0. The molecule has 1 atom stereocenters.